The monoisotopic (exact) mass is 264 g/mol. The average molecular weight is 264 g/mol. The third kappa shape index (κ3) is 2.21. The highest BCUT2D eigenvalue weighted by Gasteiger charge is 2.23. The standard InChI is InChI=1S/C13H16N2O2S/c1-9-2-3-10(18-9)6-15-5-4-13-11(7-15)12(8-16)14-17-13/h2-3,16H,4-8H2,1H3. The van der Waals surface area contributed by atoms with Crippen molar-refractivity contribution in [3.05, 3.63) is 38.9 Å². The van der Waals surface area contributed by atoms with Gasteiger partial charge in [0.1, 0.15) is 11.5 Å². The van der Waals surface area contributed by atoms with Crippen LogP contribution in [0.4, 0.5) is 0 Å². The van der Waals surface area contributed by atoms with Crippen LogP contribution < -0.4 is 0 Å². The van der Waals surface area contributed by atoms with Crippen molar-refractivity contribution >= 4 is 11.3 Å². The fourth-order valence-corrected chi connectivity index (χ4v) is 3.30. The van der Waals surface area contributed by atoms with E-state index in [1.165, 1.54) is 9.75 Å². The summed E-state index contributed by atoms with van der Waals surface area (Å²) in [4.78, 5) is 5.12. The number of fused-ring (bicyclic) bond motifs is 1. The second kappa shape index (κ2) is 4.84. The largest absolute Gasteiger partial charge is 0.390 e. The van der Waals surface area contributed by atoms with E-state index in [0.717, 1.165) is 37.4 Å². The highest BCUT2D eigenvalue weighted by atomic mass is 32.1. The van der Waals surface area contributed by atoms with E-state index in [1.807, 2.05) is 11.3 Å². The van der Waals surface area contributed by atoms with Gasteiger partial charge < -0.3 is 9.63 Å². The number of aliphatic hydroxyl groups is 1. The molecule has 4 nitrogen and oxygen atoms in total. The van der Waals surface area contributed by atoms with Gasteiger partial charge in [-0.2, -0.15) is 0 Å². The molecule has 96 valence electrons. The average Bonchev–Trinajstić information content (AvgIpc) is 2.95. The van der Waals surface area contributed by atoms with Crippen molar-refractivity contribution in [1.29, 1.82) is 0 Å². The lowest BCUT2D eigenvalue weighted by molar-refractivity contribution is 0.229. The molecule has 0 saturated heterocycles. The van der Waals surface area contributed by atoms with Gasteiger partial charge in [-0.05, 0) is 19.1 Å². The summed E-state index contributed by atoms with van der Waals surface area (Å²) in [5.41, 5.74) is 1.77. The number of hydrogen-bond donors (Lipinski definition) is 1. The van der Waals surface area contributed by atoms with Crippen LogP contribution in [0.1, 0.15) is 26.8 Å². The maximum absolute atomic E-state index is 9.22. The molecule has 3 rings (SSSR count). The van der Waals surface area contributed by atoms with Gasteiger partial charge in [-0.25, -0.2) is 0 Å². The van der Waals surface area contributed by atoms with Gasteiger partial charge in [0.05, 0.1) is 6.61 Å². The van der Waals surface area contributed by atoms with Gasteiger partial charge in [-0.15, -0.1) is 11.3 Å². The predicted octanol–water partition coefficient (Wildman–Crippen LogP) is 2.10. The molecule has 18 heavy (non-hydrogen) atoms. The number of thiophene rings is 1. The minimum absolute atomic E-state index is 0.0369. The summed E-state index contributed by atoms with van der Waals surface area (Å²) in [7, 11) is 0. The van der Waals surface area contributed by atoms with E-state index in [2.05, 4.69) is 29.1 Å². The lowest BCUT2D eigenvalue weighted by Gasteiger charge is -2.25. The van der Waals surface area contributed by atoms with E-state index in [1.54, 1.807) is 0 Å². The summed E-state index contributed by atoms with van der Waals surface area (Å²) >= 11 is 1.84. The molecule has 0 saturated carbocycles. The van der Waals surface area contributed by atoms with E-state index in [0.29, 0.717) is 5.69 Å². The highest BCUT2D eigenvalue weighted by molar-refractivity contribution is 7.11. The van der Waals surface area contributed by atoms with E-state index in [4.69, 9.17) is 4.52 Å². The molecule has 0 amide bonds. The summed E-state index contributed by atoms with van der Waals surface area (Å²) in [5, 5.41) is 13.1. The van der Waals surface area contributed by atoms with Gasteiger partial charge in [0.15, 0.2) is 0 Å². The van der Waals surface area contributed by atoms with Crippen molar-refractivity contribution in [2.24, 2.45) is 0 Å². The number of nitrogens with zero attached hydrogens (tertiary/aromatic N) is 2. The Morgan fingerprint density at radius 3 is 3.11 bits per heavy atom. The number of rotatable bonds is 3. The third-order valence-corrected chi connectivity index (χ3v) is 4.30. The Morgan fingerprint density at radius 1 is 1.50 bits per heavy atom. The first-order chi connectivity index (χ1) is 8.76. The van der Waals surface area contributed by atoms with Crippen molar-refractivity contribution in [3.63, 3.8) is 0 Å². The molecule has 0 bridgehead atoms. The minimum atomic E-state index is -0.0369. The van der Waals surface area contributed by atoms with Gasteiger partial charge in [-0.1, -0.05) is 5.16 Å². The first-order valence-corrected chi connectivity index (χ1v) is 6.92. The van der Waals surface area contributed by atoms with Crippen LogP contribution in [0.3, 0.4) is 0 Å². The smallest absolute Gasteiger partial charge is 0.142 e. The molecule has 0 aliphatic carbocycles. The van der Waals surface area contributed by atoms with Crippen molar-refractivity contribution in [2.45, 2.75) is 33.0 Å². The zero-order chi connectivity index (χ0) is 12.5. The minimum Gasteiger partial charge on any atom is -0.390 e. The predicted molar refractivity (Wildman–Crippen MR) is 69.3 cm³/mol. The molecule has 5 heteroatoms. The van der Waals surface area contributed by atoms with Gasteiger partial charge in [0.2, 0.25) is 0 Å². The SMILES string of the molecule is Cc1ccc(CN2CCc3onc(CO)c3C2)s1. The molecule has 0 radical (unpaired) electrons. The summed E-state index contributed by atoms with van der Waals surface area (Å²) in [6.07, 6.45) is 0.882. The third-order valence-electron chi connectivity index (χ3n) is 3.31. The molecule has 0 fully saturated rings. The molecule has 2 aromatic heterocycles. The Balaban J connectivity index is 1.74. The molecule has 0 aromatic carbocycles. The lowest BCUT2D eigenvalue weighted by Crippen LogP contribution is -2.29. The van der Waals surface area contributed by atoms with Gasteiger partial charge >= 0.3 is 0 Å². The molecule has 0 unspecified atom stereocenters. The maximum atomic E-state index is 9.22. The Hall–Kier alpha value is -1.17. The van der Waals surface area contributed by atoms with Crippen LogP contribution in [0.15, 0.2) is 16.7 Å². The topological polar surface area (TPSA) is 49.5 Å². The molecular weight excluding hydrogens is 248 g/mol. The Bertz CT molecular complexity index is 533. The van der Waals surface area contributed by atoms with Crippen molar-refractivity contribution in [2.75, 3.05) is 6.54 Å². The van der Waals surface area contributed by atoms with Crippen LogP contribution in [0.5, 0.6) is 0 Å². The van der Waals surface area contributed by atoms with Crippen LogP contribution >= 0.6 is 11.3 Å². The van der Waals surface area contributed by atoms with Crippen LogP contribution in [0, 0.1) is 6.92 Å². The molecular formula is C13H16N2O2S. The number of aryl methyl sites for hydroxylation is 1. The van der Waals surface area contributed by atoms with Crippen LogP contribution in [0.25, 0.3) is 0 Å². The van der Waals surface area contributed by atoms with Gasteiger partial charge in [0, 0.05) is 41.4 Å². The van der Waals surface area contributed by atoms with Crippen molar-refractivity contribution < 1.29 is 9.63 Å². The number of hydrogen-bond acceptors (Lipinski definition) is 5. The molecule has 2 aromatic rings. The summed E-state index contributed by atoms with van der Waals surface area (Å²) < 4.78 is 5.25. The Labute approximate surface area is 110 Å². The second-order valence-corrected chi connectivity index (χ2v) is 6.03. The Morgan fingerprint density at radius 2 is 2.39 bits per heavy atom. The molecule has 0 spiro atoms. The van der Waals surface area contributed by atoms with Crippen LogP contribution in [0.2, 0.25) is 0 Å². The maximum Gasteiger partial charge on any atom is 0.142 e. The quantitative estimate of drug-likeness (QED) is 0.922. The Kier molecular flexibility index (Phi) is 3.20. The molecule has 0 atom stereocenters. The molecule has 1 aliphatic rings. The zero-order valence-corrected chi connectivity index (χ0v) is 11.2. The number of aromatic nitrogens is 1. The highest BCUT2D eigenvalue weighted by Crippen LogP contribution is 2.25. The van der Waals surface area contributed by atoms with E-state index < -0.39 is 0 Å². The van der Waals surface area contributed by atoms with E-state index in [9.17, 15) is 5.11 Å². The zero-order valence-electron chi connectivity index (χ0n) is 10.3. The normalized spacial score (nSPS) is 15.9. The first-order valence-electron chi connectivity index (χ1n) is 6.11. The van der Waals surface area contributed by atoms with Crippen molar-refractivity contribution in [3.8, 4) is 0 Å². The summed E-state index contributed by atoms with van der Waals surface area (Å²) in [5.74, 6) is 0.942. The van der Waals surface area contributed by atoms with Crippen LogP contribution in [-0.4, -0.2) is 21.7 Å². The fraction of sp³-hybridized carbons (Fsp3) is 0.462. The van der Waals surface area contributed by atoms with Gasteiger partial charge in [0.25, 0.3) is 0 Å². The van der Waals surface area contributed by atoms with Gasteiger partial charge in [-0.3, -0.25) is 4.90 Å². The number of aliphatic hydroxyl groups excluding tert-OH is 1. The molecule has 1 N–H and O–H groups in total. The fourth-order valence-electron chi connectivity index (χ4n) is 2.37. The van der Waals surface area contributed by atoms with E-state index in [-0.39, 0.29) is 6.61 Å². The molecule has 3 heterocycles. The van der Waals surface area contributed by atoms with Crippen molar-refractivity contribution in [1.82, 2.24) is 10.1 Å². The molecule has 1 aliphatic heterocycles. The second-order valence-electron chi connectivity index (χ2n) is 4.66. The van der Waals surface area contributed by atoms with E-state index >= 15 is 0 Å². The summed E-state index contributed by atoms with van der Waals surface area (Å²) in [6, 6.07) is 4.35. The van der Waals surface area contributed by atoms with Crippen LogP contribution in [-0.2, 0) is 26.1 Å². The lowest BCUT2D eigenvalue weighted by atomic mass is 10.1. The summed E-state index contributed by atoms with van der Waals surface area (Å²) in [6.45, 7) is 4.88. The first kappa shape index (κ1) is 11.9.